The Balaban J connectivity index is 3.21. The summed E-state index contributed by atoms with van der Waals surface area (Å²) in [5.41, 5.74) is 0. The molecule has 0 heterocycles. The van der Waals surface area contributed by atoms with Crippen molar-refractivity contribution in [1.29, 1.82) is 0 Å². The molecule has 0 aliphatic heterocycles. The highest BCUT2D eigenvalue weighted by Crippen LogP contribution is 1.80. The molecule has 0 aliphatic rings. The minimum Gasteiger partial charge on any atom is -0.0985 e. The van der Waals surface area contributed by atoms with Gasteiger partial charge in [0.2, 0.25) is 0 Å². The lowest BCUT2D eigenvalue weighted by atomic mass is 10.3. The Hall–Kier alpha value is -0.700. The zero-order valence-corrected chi connectivity index (χ0v) is 5.57. The van der Waals surface area contributed by atoms with Crippen LogP contribution in [-0.2, 0) is 0 Å². The zero-order chi connectivity index (χ0) is 6.24. The van der Waals surface area contributed by atoms with Crippen LogP contribution in [0.25, 0.3) is 0 Å². The third kappa shape index (κ3) is 5.30. The summed E-state index contributed by atoms with van der Waals surface area (Å²) in [6, 6.07) is 0. The Labute approximate surface area is 51.6 Å². The van der Waals surface area contributed by atoms with Crippen LogP contribution in [0.5, 0.6) is 0 Å². The molecule has 0 N–H and O–H groups in total. The number of unbranched alkanes of at least 4 members (excludes halogenated alkanes) is 1. The number of allylic oxidation sites excluding steroid dienone is 2. The molecular weight excluding hydrogens is 96.1 g/mol. The van der Waals surface area contributed by atoms with E-state index in [1.807, 2.05) is 19.1 Å². The molecular formula is C8H12. The van der Waals surface area contributed by atoms with E-state index in [4.69, 9.17) is 0 Å². The van der Waals surface area contributed by atoms with Gasteiger partial charge in [-0.2, -0.15) is 0 Å². The highest BCUT2D eigenvalue weighted by Gasteiger charge is 1.65. The van der Waals surface area contributed by atoms with Crippen LogP contribution in [0.2, 0.25) is 0 Å². The van der Waals surface area contributed by atoms with Crippen molar-refractivity contribution in [2.75, 3.05) is 0 Å². The van der Waals surface area contributed by atoms with Gasteiger partial charge in [0.25, 0.3) is 0 Å². The minimum atomic E-state index is 1.02. The predicted octanol–water partition coefficient (Wildman–Crippen LogP) is 2.37. The van der Waals surface area contributed by atoms with Crippen molar-refractivity contribution >= 4 is 0 Å². The molecule has 0 spiro atoms. The second kappa shape index (κ2) is 6.30. The topological polar surface area (TPSA) is 0 Å². The lowest BCUT2D eigenvalue weighted by molar-refractivity contribution is 0.983. The van der Waals surface area contributed by atoms with Crippen molar-refractivity contribution in [2.24, 2.45) is 0 Å². The molecule has 0 unspecified atom stereocenters. The fourth-order valence-corrected chi connectivity index (χ4v) is 0.339. The Morgan fingerprint density at radius 3 is 2.75 bits per heavy atom. The van der Waals surface area contributed by atoms with Crippen LogP contribution in [-0.4, -0.2) is 0 Å². The van der Waals surface area contributed by atoms with Crippen LogP contribution in [0.1, 0.15) is 26.7 Å². The fourth-order valence-electron chi connectivity index (χ4n) is 0.339. The summed E-state index contributed by atoms with van der Waals surface area (Å²) in [4.78, 5) is 0. The summed E-state index contributed by atoms with van der Waals surface area (Å²) in [6.45, 7) is 4.10. The van der Waals surface area contributed by atoms with Crippen LogP contribution in [0.15, 0.2) is 12.2 Å². The van der Waals surface area contributed by atoms with Crippen LogP contribution in [0.3, 0.4) is 0 Å². The lowest BCUT2D eigenvalue weighted by Gasteiger charge is -1.73. The van der Waals surface area contributed by atoms with E-state index < -0.39 is 0 Å². The van der Waals surface area contributed by atoms with Crippen LogP contribution in [0, 0.1) is 11.8 Å². The van der Waals surface area contributed by atoms with E-state index in [2.05, 4.69) is 18.8 Å². The molecule has 0 bridgehead atoms. The van der Waals surface area contributed by atoms with Gasteiger partial charge in [0.15, 0.2) is 0 Å². The predicted molar refractivity (Wildman–Crippen MR) is 37.5 cm³/mol. The van der Waals surface area contributed by atoms with E-state index >= 15 is 0 Å². The fraction of sp³-hybridized carbons (Fsp3) is 0.500. The molecule has 0 aromatic carbocycles. The van der Waals surface area contributed by atoms with Crippen molar-refractivity contribution < 1.29 is 0 Å². The molecule has 0 amide bonds. The number of hydrogen-bond donors (Lipinski definition) is 0. The first kappa shape index (κ1) is 7.30. The number of hydrogen-bond acceptors (Lipinski definition) is 0. The minimum absolute atomic E-state index is 1.02. The van der Waals surface area contributed by atoms with Gasteiger partial charge < -0.3 is 0 Å². The van der Waals surface area contributed by atoms with E-state index in [9.17, 15) is 0 Å². The normalized spacial score (nSPS) is 8.75. The smallest absolute Gasteiger partial charge is 0.00896 e. The van der Waals surface area contributed by atoms with E-state index in [1.165, 1.54) is 0 Å². The maximum Gasteiger partial charge on any atom is 0.00896 e. The molecule has 0 fully saturated rings. The van der Waals surface area contributed by atoms with Gasteiger partial charge in [-0.05, 0) is 19.4 Å². The molecule has 0 nitrogen and oxygen atoms in total. The molecule has 0 aliphatic carbocycles. The van der Waals surface area contributed by atoms with Crippen molar-refractivity contribution in [3.8, 4) is 11.8 Å². The molecule has 0 aromatic rings. The highest BCUT2D eigenvalue weighted by atomic mass is 13.7. The third-order valence-electron chi connectivity index (χ3n) is 0.727. The number of rotatable bonds is 1. The maximum atomic E-state index is 3.00. The summed E-state index contributed by atoms with van der Waals surface area (Å²) >= 11 is 0. The standard InChI is InChI=1S/C8H12/c1-3-5-7-8-6-4-2/h3,5H,4,6H2,1-2H3/b5-3-. The van der Waals surface area contributed by atoms with Gasteiger partial charge >= 0.3 is 0 Å². The van der Waals surface area contributed by atoms with E-state index in [0.717, 1.165) is 12.8 Å². The van der Waals surface area contributed by atoms with Gasteiger partial charge in [0.05, 0.1) is 0 Å². The summed E-state index contributed by atoms with van der Waals surface area (Å²) in [5, 5.41) is 0. The molecule has 44 valence electrons. The van der Waals surface area contributed by atoms with Crippen LogP contribution >= 0.6 is 0 Å². The van der Waals surface area contributed by atoms with Crippen molar-refractivity contribution in [1.82, 2.24) is 0 Å². The monoisotopic (exact) mass is 108 g/mol. The zero-order valence-electron chi connectivity index (χ0n) is 5.57. The molecule has 0 saturated carbocycles. The van der Waals surface area contributed by atoms with Crippen molar-refractivity contribution in [2.45, 2.75) is 26.7 Å². The van der Waals surface area contributed by atoms with Gasteiger partial charge in [-0.3, -0.25) is 0 Å². The third-order valence-corrected chi connectivity index (χ3v) is 0.727. The molecule has 8 heavy (non-hydrogen) atoms. The summed E-state index contributed by atoms with van der Waals surface area (Å²) in [7, 11) is 0. The second-order valence-corrected chi connectivity index (χ2v) is 1.57. The highest BCUT2D eigenvalue weighted by molar-refractivity contribution is 5.14. The largest absolute Gasteiger partial charge is 0.0985 e. The molecule has 0 aromatic heterocycles. The van der Waals surface area contributed by atoms with Crippen molar-refractivity contribution in [3.63, 3.8) is 0 Å². The average Bonchev–Trinajstić information content (AvgIpc) is 1.81. The molecule has 0 rings (SSSR count). The second-order valence-electron chi connectivity index (χ2n) is 1.57. The molecule has 0 heteroatoms. The van der Waals surface area contributed by atoms with Gasteiger partial charge in [0.1, 0.15) is 0 Å². The molecule has 0 radical (unpaired) electrons. The first-order valence-corrected chi connectivity index (χ1v) is 3.01. The van der Waals surface area contributed by atoms with E-state index in [0.29, 0.717) is 0 Å². The Bertz CT molecular complexity index is 110. The van der Waals surface area contributed by atoms with Gasteiger partial charge in [-0.1, -0.05) is 24.8 Å². The maximum absolute atomic E-state index is 3.00. The molecule has 0 saturated heterocycles. The summed E-state index contributed by atoms with van der Waals surface area (Å²) < 4.78 is 0. The first-order valence-electron chi connectivity index (χ1n) is 3.01. The first-order chi connectivity index (χ1) is 3.91. The van der Waals surface area contributed by atoms with Gasteiger partial charge in [-0.25, -0.2) is 0 Å². The SMILES string of the molecule is C/C=C\C#CCCC. The Morgan fingerprint density at radius 2 is 2.25 bits per heavy atom. The Kier molecular flexibility index (Phi) is 5.75. The van der Waals surface area contributed by atoms with Crippen LogP contribution < -0.4 is 0 Å². The van der Waals surface area contributed by atoms with Gasteiger partial charge in [-0.15, -0.1) is 0 Å². The average molecular weight is 108 g/mol. The Morgan fingerprint density at radius 1 is 1.50 bits per heavy atom. The summed E-state index contributed by atoms with van der Waals surface area (Å²) in [6.07, 6.45) is 5.99. The lowest BCUT2D eigenvalue weighted by Crippen LogP contribution is -1.58. The quantitative estimate of drug-likeness (QED) is 0.452. The van der Waals surface area contributed by atoms with Gasteiger partial charge in [0, 0.05) is 6.42 Å². The van der Waals surface area contributed by atoms with Crippen molar-refractivity contribution in [3.05, 3.63) is 12.2 Å². The van der Waals surface area contributed by atoms with E-state index in [1.54, 1.807) is 0 Å². The molecule has 0 atom stereocenters. The van der Waals surface area contributed by atoms with E-state index in [-0.39, 0.29) is 0 Å². The summed E-state index contributed by atoms with van der Waals surface area (Å²) in [5.74, 6) is 5.90. The van der Waals surface area contributed by atoms with Crippen LogP contribution in [0.4, 0.5) is 0 Å².